The summed E-state index contributed by atoms with van der Waals surface area (Å²) in [5.41, 5.74) is 2.85. The van der Waals surface area contributed by atoms with Gasteiger partial charge in [0.1, 0.15) is 0 Å². The van der Waals surface area contributed by atoms with E-state index in [1.54, 1.807) is 25.2 Å². The third kappa shape index (κ3) is 4.71. The number of aryl methyl sites for hydroxylation is 1. The molecule has 0 saturated heterocycles. The van der Waals surface area contributed by atoms with Crippen LogP contribution in [0.3, 0.4) is 0 Å². The maximum absolute atomic E-state index is 12.4. The smallest absolute Gasteiger partial charge is 0.234 e. The van der Waals surface area contributed by atoms with Crippen LogP contribution in [0.15, 0.2) is 34.8 Å². The fourth-order valence-electron chi connectivity index (χ4n) is 2.43. The first kappa shape index (κ1) is 19.5. The summed E-state index contributed by atoms with van der Waals surface area (Å²) >= 11 is 1.02. The highest BCUT2D eigenvalue weighted by molar-refractivity contribution is 7.93. The molecular weight excluding hydrogens is 386 g/mol. The number of aromatic nitrogens is 3. The molecule has 3 rings (SSSR count). The molecule has 0 bridgehead atoms. The van der Waals surface area contributed by atoms with Crippen LogP contribution in [0.25, 0.3) is 16.2 Å². The Hall–Kier alpha value is -2.30. The van der Waals surface area contributed by atoms with E-state index in [0.717, 1.165) is 28.2 Å². The molecule has 0 aliphatic rings. The Morgan fingerprint density at radius 2 is 1.96 bits per heavy atom. The number of hydrogen-bond donors (Lipinski definition) is 1. The second kappa shape index (κ2) is 7.75. The van der Waals surface area contributed by atoms with Crippen LogP contribution in [0.2, 0.25) is 0 Å². The molecule has 0 saturated carbocycles. The molecule has 0 aliphatic carbocycles. The van der Waals surface area contributed by atoms with Crippen molar-refractivity contribution in [3.63, 3.8) is 0 Å². The minimum Gasteiger partial charge on any atom is -0.354 e. The molecule has 2 heterocycles. The number of amides is 1. The molecule has 144 valence electrons. The number of benzene rings is 1. The first-order valence-electron chi connectivity index (χ1n) is 8.32. The van der Waals surface area contributed by atoms with Gasteiger partial charge < -0.3 is 10.2 Å². The van der Waals surface area contributed by atoms with E-state index in [2.05, 4.69) is 15.4 Å². The quantitative estimate of drug-likeness (QED) is 0.633. The highest BCUT2D eigenvalue weighted by Gasteiger charge is 2.21. The van der Waals surface area contributed by atoms with Crippen molar-refractivity contribution in [1.82, 2.24) is 24.8 Å². The number of sulfone groups is 1. The Kier molecular flexibility index (Phi) is 5.59. The van der Waals surface area contributed by atoms with Gasteiger partial charge in [0, 0.05) is 12.1 Å². The Morgan fingerprint density at radius 1 is 1.26 bits per heavy atom. The Bertz CT molecular complexity index is 1020. The molecular formula is C17H21N5O3S2. The molecule has 0 fully saturated rings. The summed E-state index contributed by atoms with van der Waals surface area (Å²) in [6, 6.07) is 7.93. The van der Waals surface area contributed by atoms with Crippen LogP contribution in [0.5, 0.6) is 0 Å². The number of fused-ring (bicyclic) bond motifs is 1. The number of nitrogens with zero attached hydrogens (tertiary/aromatic N) is 4. The van der Waals surface area contributed by atoms with Crippen LogP contribution in [-0.2, 0) is 14.6 Å². The van der Waals surface area contributed by atoms with E-state index >= 15 is 0 Å². The zero-order chi connectivity index (χ0) is 19.6. The normalized spacial score (nSPS) is 12.0. The lowest BCUT2D eigenvalue weighted by Crippen LogP contribution is -2.35. The number of carbonyl (C=O) groups excluding carboxylic acids is 1. The minimum atomic E-state index is -3.58. The summed E-state index contributed by atoms with van der Waals surface area (Å²) in [6.45, 7) is 2.27. The van der Waals surface area contributed by atoms with Crippen molar-refractivity contribution >= 4 is 32.0 Å². The van der Waals surface area contributed by atoms with Crippen molar-refractivity contribution in [2.45, 2.75) is 11.3 Å². The summed E-state index contributed by atoms with van der Waals surface area (Å²) in [5, 5.41) is 6.76. The monoisotopic (exact) mass is 407 g/mol. The molecule has 0 spiro atoms. The molecule has 3 aromatic rings. The molecule has 1 N–H and O–H groups in total. The largest absolute Gasteiger partial charge is 0.354 e. The van der Waals surface area contributed by atoms with E-state index in [9.17, 15) is 13.2 Å². The number of likely N-dealkylation sites (N-methyl/N-ethyl adjacent to an activating group) is 1. The van der Waals surface area contributed by atoms with Gasteiger partial charge >= 0.3 is 0 Å². The van der Waals surface area contributed by atoms with E-state index in [1.165, 1.54) is 4.52 Å². The Labute approximate surface area is 161 Å². The van der Waals surface area contributed by atoms with Crippen molar-refractivity contribution in [2.75, 3.05) is 32.9 Å². The molecule has 10 heteroatoms. The highest BCUT2D eigenvalue weighted by atomic mass is 32.2. The number of imidazole rings is 1. The van der Waals surface area contributed by atoms with E-state index in [-0.39, 0.29) is 29.1 Å². The zero-order valence-electron chi connectivity index (χ0n) is 15.3. The van der Waals surface area contributed by atoms with Gasteiger partial charge in [0.15, 0.2) is 0 Å². The molecule has 8 nitrogen and oxygen atoms in total. The molecule has 0 atom stereocenters. The van der Waals surface area contributed by atoms with Gasteiger partial charge in [-0.25, -0.2) is 17.9 Å². The van der Waals surface area contributed by atoms with E-state index < -0.39 is 9.84 Å². The topological polar surface area (TPSA) is 96.7 Å². The average Bonchev–Trinajstić information content (AvgIpc) is 3.14. The summed E-state index contributed by atoms with van der Waals surface area (Å²) in [5.74, 6) is -0.417. The summed E-state index contributed by atoms with van der Waals surface area (Å²) < 4.78 is 26.4. The first-order valence-corrected chi connectivity index (χ1v) is 10.8. The summed E-state index contributed by atoms with van der Waals surface area (Å²) in [7, 11) is -0.0403. The van der Waals surface area contributed by atoms with Crippen molar-refractivity contribution in [2.24, 2.45) is 0 Å². The number of carbonyl (C=O) groups is 1. The standard InChI is InChI=1S/C17H21N5O3S2/c1-12-4-6-13(7-5-12)14-10-22-16(19-14)26-17(20-22)27(24,25)9-8-18-15(23)11-21(2)3/h4-7,10H,8-9,11H2,1-3H3,(H,18,23). The van der Waals surface area contributed by atoms with Gasteiger partial charge in [-0.15, -0.1) is 5.10 Å². The second-order valence-electron chi connectivity index (χ2n) is 6.49. The van der Waals surface area contributed by atoms with Crippen LogP contribution in [0.1, 0.15) is 5.56 Å². The van der Waals surface area contributed by atoms with Crippen LogP contribution in [-0.4, -0.2) is 66.8 Å². The lowest BCUT2D eigenvalue weighted by molar-refractivity contribution is -0.121. The fourth-order valence-corrected chi connectivity index (χ4v) is 4.78. The average molecular weight is 408 g/mol. The van der Waals surface area contributed by atoms with Crippen LogP contribution < -0.4 is 5.32 Å². The van der Waals surface area contributed by atoms with E-state index in [0.29, 0.717) is 4.96 Å². The third-order valence-electron chi connectivity index (χ3n) is 3.79. The fraction of sp³-hybridized carbons (Fsp3) is 0.353. The van der Waals surface area contributed by atoms with Gasteiger partial charge in [-0.05, 0) is 21.0 Å². The van der Waals surface area contributed by atoms with Crippen molar-refractivity contribution in [3.8, 4) is 11.3 Å². The van der Waals surface area contributed by atoms with Crippen molar-refractivity contribution in [1.29, 1.82) is 0 Å². The predicted molar refractivity (Wildman–Crippen MR) is 105 cm³/mol. The molecule has 0 aliphatic heterocycles. The van der Waals surface area contributed by atoms with Gasteiger partial charge in [-0.3, -0.25) is 4.79 Å². The SMILES string of the molecule is Cc1ccc(-c2cn3nc(S(=O)(=O)CCNC(=O)CN(C)C)sc3n2)cc1. The summed E-state index contributed by atoms with van der Waals surface area (Å²) in [6.07, 6.45) is 1.72. The second-order valence-corrected chi connectivity index (χ2v) is 9.73. The Balaban J connectivity index is 1.70. The maximum Gasteiger partial charge on any atom is 0.234 e. The minimum absolute atomic E-state index is 0.00214. The molecule has 0 unspecified atom stereocenters. The molecule has 1 amide bonds. The molecule has 27 heavy (non-hydrogen) atoms. The van der Waals surface area contributed by atoms with Gasteiger partial charge in [0.25, 0.3) is 0 Å². The molecule has 2 aromatic heterocycles. The third-order valence-corrected chi connectivity index (χ3v) is 6.88. The van der Waals surface area contributed by atoms with Gasteiger partial charge in [-0.1, -0.05) is 41.2 Å². The number of nitrogens with one attached hydrogen (secondary N) is 1. The van der Waals surface area contributed by atoms with Crippen molar-refractivity contribution in [3.05, 3.63) is 36.0 Å². The van der Waals surface area contributed by atoms with Crippen molar-refractivity contribution < 1.29 is 13.2 Å². The maximum atomic E-state index is 12.4. The van der Waals surface area contributed by atoms with E-state index in [4.69, 9.17) is 0 Å². The number of rotatable bonds is 7. The van der Waals surface area contributed by atoms with Gasteiger partial charge in [0.05, 0.1) is 24.2 Å². The van der Waals surface area contributed by atoms with Gasteiger partial charge in [-0.2, -0.15) is 0 Å². The summed E-state index contributed by atoms with van der Waals surface area (Å²) in [4.78, 5) is 18.3. The van der Waals surface area contributed by atoms with Crippen LogP contribution in [0, 0.1) is 6.92 Å². The first-order chi connectivity index (χ1) is 12.7. The lowest BCUT2D eigenvalue weighted by atomic mass is 10.1. The number of hydrogen-bond acceptors (Lipinski definition) is 7. The highest BCUT2D eigenvalue weighted by Crippen LogP contribution is 2.25. The van der Waals surface area contributed by atoms with Crippen LogP contribution >= 0.6 is 11.3 Å². The molecule has 1 aromatic carbocycles. The van der Waals surface area contributed by atoms with E-state index in [1.807, 2.05) is 31.2 Å². The van der Waals surface area contributed by atoms with Crippen LogP contribution in [0.4, 0.5) is 0 Å². The van der Waals surface area contributed by atoms with Gasteiger partial charge in [0.2, 0.25) is 25.0 Å². The lowest BCUT2D eigenvalue weighted by Gasteiger charge is -2.09. The predicted octanol–water partition coefficient (Wildman–Crippen LogP) is 1.22. The Morgan fingerprint density at radius 3 is 2.59 bits per heavy atom. The zero-order valence-corrected chi connectivity index (χ0v) is 17.0. The molecule has 0 radical (unpaired) electrons.